The molecule has 1 N–H and O–H groups in total. The van der Waals surface area contributed by atoms with Crippen LogP contribution in [-0.4, -0.2) is 46.6 Å². The van der Waals surface area contributed by atoms with Gasteiger partial charge >= 0.3 is 0 Å². The van der Waals surface area contributed by atoms with Crippen molar-refractivity contribution in [3.63, 3.8) is 0 Å². The molecule has 3 aromatic carbocycles. The van der Waals surface area contributed by atoms with E-state index in [-0.39, 0.29) is 18.0 Å². The predicted molar refractivity (Wildman–Crippen MR) is 146 cm³/mol. The van der Waals surface area contributed by atoms with Gasteiger partial charge in [0.05, 0.1) is 19.7 Å². The van der Waals surface area contributed by atoms with E-state index in [4.69, 9.17) is 9.47 Å². The number of hydrogen-bond acceptors (Lipinski definition) is 6. The molecule has 1 heterocycles. The molecular weight excluding hydrogens is 501 g/mol. The average molecular weight is 534 g/mol. The molecule has 10 heteroatoms. The molecule has 0 saturated heterocycles. The number of rotatable bonds is 8. The second-order valence-corrected chi connectivity index (χ2v) is 10.2. The third-order valence-corrected chi connectivity index (χ3v) is 6.14. The van der Waals surface area contributed by atoms with Crippen molar-refractivity contribution in [2.45, 2.75) is 45.8 Å². The minimum absolute atomic E-state index is 0.200. The van der Waals surface area contributed by atoms with Gasteiger partial charge in [-0.1, -0.05) is 35.5 Å². The van der Waals surface area contributed by atoms with Crippen LogP contribution < -0.4 is 19.7 Å². The zero-order valence-electron chi connectivity index (χ0n) is 22.9. The number of nitrogens with zero attached hydrogens (tertiary/aromatic N) is 4. The van der Waals surface area contributed by atoms with Crippen molar-refractivity contribution >= 4 is 28.5 Å². The number of methoxy groups -OCH3 is 2. The number of ether oxygens (including phenoxy) is 2. The Morgan fingerprint density at radius 1 is 1.05 bits per heavy atom. The quantitative estimate of drug-likeness (QED) is 0.356. The van der Waals surface area contributed by atoms with Gasteiger partial charge in [0.25, 0.3) is 0 Å². The summed E-state index contributed by atoms with van der Waals surface area (Å²) < 4.78 is 27.5. The fraction of sp³-hybridized carbons (Fsp3) is 0.310. The first kappa shape index (κ1) is 27.6. The summed E-state index contributed by atoms with van der Waals surface area (Å²) in [6, 6.07) is 15.5. The van der Waals surface area contributed by atoms with Crippen molar-refractivity contribution in [3.8, 4) is 11.5 Å². The highest BCUT2D eigenvalue weighted by Gasteiger charge is 2.37. The molecule has 39 heavy (non-hydrogen) atoms. The van der Waals surface area contributed by atoms with Gasteiger partial charge in [-0.05, 0) is 63.6 Å². The fourth-order valence-corrected chi connectivity index (χ4v) is 4.37. The maximum atomic E-state index is 14.9. The van der Waals surface area contributed by atoms with Gasteiger partial charge in [0.1, 0.15) is 23.9 Å². The molecule has 0 aliphatic heterocycles. The molecule has 0 aliphatic carbocycles. The van der Waals surface area contributed by atoms with Gasteiger partial charge < -0.3 is 14.8 Å². The van der Waals surface area contributed by atoms with Gasteiger partial charge in [0.15, 0.2) is 11.5 Å². The molecule has 204 valence electrons. The van der Waals surface area contributed by atoms with Gasteiger partial charge in [-0.2, -0.15) is 0 Å². The molecule has 9 nitrogen and oxygen atoms in total. The number of fused-ring (bicyclic) bond motifs is 1. The number of nitrogens with one attached hydrogen (secondary N) is 1. The minimum Gasteiger partial charge on any atom is -0.493 e. The number of carbonyl (C=O) groups is 2. The first-order valence-corrected chi connectivity index (χ1v) is 12.4. The van der Waals surface area contributed by atoms with Crippen LogP contribution in [0.4, 0.5) is 10.1 Å². The van der Waals surface area contributed by atoms with Gasteiger partial charge in [0, 0.05) is 16.8 Å². The Balaban J connectivity index is 1.92. The summed E-state index contributed by atoms with van der Waals surface area (Å²) >= 11 is 0. The van der Waals surface area contributed by atoms with Crippen molar-refractivity contribution in [1.29, 1.82) is 0 Å². The predicted octanol–water partition coefficient (Wildman–Crippen LogP) is 4.59. The van der Waals surface area contributed by atoms with Crippen LogP contribution in [0.25, 0.3) is 11.0 Å². The Kier molecular flexibility index (Phi) is 7.85. The molecule has 0 unspecified atom stereocenters. The van der Waals surface area contributed by atoms with Crippen molar-refractivity contribution in [2.75, 3.05) is 19.1 Å². The number of aryl methyl sites for hydroxylation is 1. The van der Waals surface area contributed by atoms with E-state index in [9.17, 15) is 14.0 Å². The zero-order valence-corrected chi connectivity index (χ0v) is 22.9. The largest absolute Gasteiger partial charge is 0.493 e. The molecule has 0 aliphatic rings. The summed E-state index contributed by atoms with van der Waals surface area (Å²) in [7, 11) is 2.94. The van der Waals surface area contributed by atoms with Crippen LogP contribution in [0.1, 0.15) is 37.9 Å². The topological polar surface area (TPSA) is 98.6 Å². The molecule has 0 bridgehead atoms. The van der Waals surface area contributed by atoms with Crippen molar-refractivity contribution in [2.24, 2.45) is 0 Å². The smallest absolute Gasteiger partial charge is 0.249 e. The number of aromatic nitrogens is 3. The Labute approximate surface area is 226 Å². The summed E-state index contributed by atoms with van der Waals surface area (Å²) in [6.45, 7) is 6.89. The molecule has 2 amide bonds. The Morgan fingerprint density at radius 2 is 1.79 bits per heavy atom. The summed E-state index contributed by atoms with van der Waals surface area (Å²) in [4.78, 5) is 29.4. The molecule has 4 aromatic rings. The second kappa shape index (κ2) is 11.1. The van der Waals surface area contributed by atoms with Crippen LogP contribution in [0.5, 0.6) is 11.5 Å². The van der Waals surface area contributed by atoms with Crippen molar-refractivity contribution < 1.29 is 23.5 Å². The average Bonchev–Trinajstić information content (AvgIpc) is 3.29. The number of anilines is 1. The lowest BCUT2D eigenvalue weighted by atomic mass is 9.99. The summed E-state index contributed by atoms with van der Waals surface area (Å²) in [5, 5.41) is 11.2. The molecule has 0 saturated carbocycles. The maximum Gasteiger partial charge on any atom is 0.249 e. The number of amides is 2. The van der Waals surface area contributed by atoms with E-state index in [1.54, 1.807) is 49.4 Å². The highest BCUT2D eigenvalue weighted by molar-refractivity contribution is 6.02. The lowest BCUT2D eigenvalue weighted by Gasteiger charge is -2.34. The molecular formula is C29H32FN5O4. The van der Waals surface area contributed by atoms with Gasteiger partial charge in [0.2, 0.25) is 11.8 Å². The normalized spacial score (nSPS) is 12.2. The molecule has 0 fully saturated rings. The Hall–Kier alpha value is -4.47. The SMILES string of the molecule is COc1cccc([C@H](C(=O)NC(C)(C)C)N(C(=O)Cn2nnc3ccccc32)c2ccc(C)c(F)c2)c1OC. The third kappa shape index (κ3) is 5.84. The van der Waals surface area contributed by atoms with Gasteiger partial charge in [-0.3, -0.25) is 14.5 Å². The highest BCUT2D eigenvalue weighted by atomic mass is 19.1. The Morgan fingerprint density at radius 3 is 2.46 bits per heavy atom. The lowest BCUT2D eigenvalue weighted by molar-refractivity contribution is -0.128. The number of para-hydroxylation sites is 2. The Bertz CT molecular complexity index is 1510. The third-order valence-electron chi connectivity index (χ3n) is 6.14. The zero-order chi connectivity index (χ0) is 28.3. The van der Waals surface area contributed by atoms with Crippen LogP contribution in [0, 0.1) is 12.7 Å². The van der Waals surface area contributed by atoms with Gasteiger partial charge in [-0.25, -0.2) is 9.07 Å². The number of hydrogen-bond donors (Lipinski definition) is 1. The monoisotopic (exact) mass is 533 g/mol. The fourth-order valence-electron chi connectivity index (χ4n) is 4.37. The van der Waals surface area contributed by atoms with Crippen LogP contribution in [0.2, 0.25) is 0 Å². The first-order chi connectivity index (χ1) is 18.5. The molecule has 1 atom stereocenters. The molecule has 4 rings (SSSR count). The van der Waals surface area contributed by atoms with E-state index in [1.807, 2.05) is 32.9 Å². The van der Waals surface area contributed by atoms with Crippen molar-refractivity contribution in [1.82, 2.24) is 20.3 Å². The minimum atomic E-state index is -1.24. The van der Waals surface area contributed by atoms with Crippen LogP contribution >= 0.6 is 0 Å². The van der Waals surface area contributed by atoms with Crippen molar-refractivity contribution in [3.05, 3.63) is 77.6 Å². The summed E-state index contributed by atoms with van der Waals surface area (Å²) in [6.07, 6.45) is 0. The van der Waals surface area contributed by atoms with Crippen LogP contribution in [0.15, 0.2) is 60.7 Å². The van der Waals surface area contributed by atoms with Crippen LogP contribution in [0.3, 0.4) is 0 Å². The number of halogens is 1. The van der Waals surface area contributed by atoms with E-state index in [0.29, 0.717) is 27.9 Å². The molecule has 0 radical (unpaired) electrons. The first-order valence-electron chi connectivity index (χ1n) is 12.4. The maximum absolute atomic E-state index is 14.9. The molecule has 1 aromatic heterocycles. The highest BCUT2D eigenvalue weighted by Crippen LogP contribution is 2.39. The van der Waals surface area contributed by atoms with E-state index in [1.165, 1.54) is 29.9 Å². The van der Waals surface area contributed by atoms with E-state index in [0.717, 1.165) is 0 Å². The summed E-state index contributed by atoms with van der Waals surface area (Å²) in [5.41, 5.74) is 1.62. The standard InChI is InChI=1S/C29H32FN5O4/c1-18-14-15-19(16-21(18)30)35(25(36)17-34-23-12-8-7-11-22(23)32-33-34)26(28(37)31-29(2,3)4)20-10-9-13-24(38-5)27(20)39-6/h7-16,26H,17H2,1-6H3,(H,31,37)/t26-/m1/s1. The van der Waals surface area contributed by atoms with Crippen LogP contribution in [-0.2, 0) is 16.1 Å². The summed E-state index contributed by atoms with van der Waals surface area (Å²) in [5.74, 6) is -0.831. The lowest BCUT2D eigenvalue weighted by Crippen LogP contribution is -2.50. The number of carbonyl (C=O) groups excluding carboxylic acids is 2. The van der Waals surface area contributed by atoms with E-state index >= 15 is 0 Å². The molecule has 0 spiro atoms. The van der Waals surface area contributed by atoms with E-state index < -0.39 is 29.2 Å². The second-order valence-electron chi connectivity index (χ2n) is 10.2. The van der Waals surface area contributed by atoms with E-state index in [2.05, 4.69) is 15.6 Å². The number of benzene rings is 3. The van der Waals surface area contributed by atoms with Gasteiger partial charge in [-0.15, -0.1) is 5.10 Å².